The minimum atomic E-state index is -0.437. The largest absolute Gasteiger partial charge is 0.507 e. The van der Waals surface area contributed by atoms with Crippen molar-refractivity contribution in [2.45, 2.75) is 6.42 Å². The number of phenolic OH excluding ortho intramolecular Hbond substituents is 1. The topological polar surface area (TPSA) is 32.6 Å². The van der Waals surface area contributed by atoms with Gasteiger partial charge in [-0.1, -0.05) is 6.08 Å². The third-order valence-electron chi connectivity index (χ3n) is 1.92. The zero-order valence-electron chi connectivity index (χ0n) is 6.87. The van der Waals surface area contributed by atoms with Gasteiger partial charge in [0.2, 0.25) is 0 Å². The Labute approximate surface area is 75.1 Å². The van der Waals surface area contributed by atoms with Gasteiger partial charge in [-0.05, 0) is 12.1 Å². The van der Waals surface area contributed by atoms with Crippen molar-refractivity contribution < 1.29 is 9.50 Å². The normalized spacial score (nSPS) is 14.7. The molecule has 1 aromatic carbocycles. The van der Waals surface area contributed by atoms with Crippen LogP contribution in [0.2, 0.25) is 0 Å². The number of allylic oxidation sites excluding steroid dienone is 1. The number of aromatic hydroxyl groups is 1. The van der Waals surface area contributed by atoms with Crippen LogP contribution < -0.4 is 0 Å². The first kappa shape index (κ1) is 7.98. The molecule has 0 aromatic heterocycles. The first-order valence-corrected chi connectivity index (χ1v) is 3.98. The van der Waals surface area contributed by atoms with Crippen LogP contribution in [-0.4, -0.2) is 10.8 Å². The zero-order valence-corrected chi connectivity index (χ0v) is 6.87. The Morgan fingerprint density at radius 3 is 2.85 bits per heavy atom. The Hall–Kier alpha value is -1.64. The molecule has 0 aliphatic carbocycles. The van der Waals surface area contributed by atoms with E-state index >= 15 is 0 Å². The van der Waals surface area contributed by atoms with E-state index in [0.29, 0.717) is 12.0 Å². The molecule has 1 aliphatic heterocycles. The maximum atomic E-state index is 12.6. The number of nitrogens with zero attached hydrogens (tertiary/aromatic N) is 1. The van der Waals surface area contributed by atoms with E-state index in [1.54, 1.807) is 6.20 Å². The quantitative estimate of drug-likeness (QED) is 0.701. The number of hydrogen-bond donors (Lipinski definition) is 1. The SMILES string of the molecule is Oc1cc(F)ccc1C1=NC=CC1. The van der Waals surface area contributed by atoms with Gasteiger partial charge in [0, 0.05) is 24.3 Å². The average molecular weight is 177 g/mol. The molecule has 0 bridgehead atoms. The van der Waals surface area contributed by atoms with Gasteiger partial charge in [-0.15, -0.1) is 0 Å². The first-order chi connectivity index (χ1) is 6.27. The van der Waals surface area contributed by atoms with E-state index in [-0.39, 0.29) is 5.75 Å². The van der Waals surface area contributed by atoms with Gasteiger partial charge in [0.15, 0.2) is 0 Å². The van der Waals surface area contributed by atoms with Crippen LogP contribution in [0.1, 0.15) is 12.0 Å². The van der Waals surface area contributed by atoms with Crippen LogP contribution in [0.3, 0.4) is 0 Å². The lowest BCUT2D eigenvalue weighted by atomic mass is 10.1. The van der Waals surface area contributed by atoms with Gasteiger partial charge in [0.05, 0.1) is 5.71 Å². The molecule has 0 atom stereocenters. The van der Waals surface area contributed by atoms with Gasteiger partial charge in [-0.3, -0.25) is 4.99 Å². The summed E-state index contributed by atoms with van der Waals surface area (Å²) in [6.45, 7) is 0. The van der Waals surface area contributed by atoms with Crippen molar-refractivity contribution in [3.63, 3.8) is 0 Å². The lowest BCUT2D eigenvalue weighted by Crippen LogP contribution is -1.96. The van der Waals surface area contributed by atoms with Crippen LogP contribution in [0, 0.1) is 5.82 Å². The Bertz CT molecular complexity index is 396. The second-order valence-corrected chi connectivity index (χ2v) is 2.83. The monoisotopic (exact) mass is 177 g/mol. The molecule has 0 unspecified atom stereocenters. The Morgan fingerprint density at radius 1 is 1.38 bits per heavy atom. The highest BCUT2D eigenvalue weighted by atomic mass is 19.1. The summed E-state index contributed by atoms with van der Waals surface area (Å²) in [7, 11) is 0. The number of benzene rings is 1. The second-order valence-electron chi connectivity index (χ2n) is 2.83. The number of halogens is 1. The molecule has 1 aliphatic rings. The molecule has 13 heavy (non-hydrogen) atoms. The van der Waals surface area contributed by atoms with Crippen LogP contribution >= 0.6 is 0 Å². The first-order valence-electron chi connectivity index (χ1n) is 3.98. The number of aliphatic imine (C=N–C) groups is 1. The molecule has 1 aromatic rings. The molecule has 0 amide bonds. The lowest BCUT2D eigenvalue weighted by molar-refractivity contribution is 0.468. The molecule has 0 spiro atoms. The number of rotatable bonds is 1. The molecule has 2 rings (SSSR count). The predicted octanol–water partition coefficient (Wildman–Crippen LogP) is 2.24. The summed E-state index contributed by atoms with van der Waals surface area (Å²) < 4.78 is 12.6. The second kappa shape index (κ2) is 3.01. The fraction of sp³-hybridized carbons (Fsp3) is 0.100. The Kier molecular flexibility index (Phi) is 1.85. The molecule has 3 heteroatoms. The van der Waals surface area contributed by atoms with Crippen LogP contribution in [-0.2, 0) is 0 Å². The molecule has 0 saturated carbocycles. The van der Waals surface area contributed by atoms with Crippen molar-refractivity contribution in [1.29, 1.82) is 0 Å². The third-order valence-corrected chi connectivity index (χ3v) is 1.92. The van der Waals surface area contributed by atoms with Crippen LogP contribution in [0.25, 0.3) is 0 Å². The summed E-state index contributed by atoms with van der Waals surface area (Å²) in [5, 5.41) is 9.40. The zero-order chi connectivity index (χ0) is 9.26. The number of hydrogen-bond acceptors (Lipinski definition) is 2. The van der Waals surface area contributed by atoms with E-state index in [2.05, 4.69) is 4.99 Å². The van der Waals surface area contributed by atoms with E-state index in [9.17, 15) is 9.50 Å². The summed E-state index contributed by atoms with van der Waals surface area (Å²) in [6.07, 6.45) is 4.26. The minimum absolute atomic E-state index is 0.0533. The van der Waals surface area contributed by atoms with Gasteiger partial charge < -0.3 is 5.11 Å². The van der Waals surface area contributed by atoms with Crippen LogP contribution in [0.5, 0.6) is 5.75 Å². The molecule has 0 fully saturated rings. The maximum absolute atomic E-state index is 12.6. The van der Waals surface area contributed by atoms with E-state index in [0.717, 1.165) is 11.8 Å². The lowest BCUT2D eigenvalue weighted by Gasteiger charge is -2.03. The molecule has 2 nitrogen and oxygen atoms in total. The Balaban J connectivity index is 2.41. The molecule has 0 saturated heterocycles. The third kappa shape index (κ3) is 1.45. The standard InChI is InChI=1S/C10H8FNO/c11-7-3-4-8(10(13)6-7)9-2-1-5-12-9/h1,3-6,13H,2H2. The van der Waals surface area contributed by atoms with Crippen molar-refractivity contribution in [2.24, 2.45) is 4.99 Å². The smallest absolute Gasteiger partial charge is 0.127 e. The van der Waals surface area contributed by atoms with E-state index in [1.807, 2.05) is 6.08 Å². The van der Waals surface area contributed by atoms with Crippen molar-refractivity contribution in [1.82, 2.24) is 0 Å². The van der Waals surface area contributed by atoms with Crippen LogP contribution in [0.4, 0.5) is 4.39 Å². The van der Waals surface area contributed by atoms with E-state index in [4.69, 9.17) is 0 Å². The molecule has 0 radical (unpaired) electrons. The molecule has 1 heterocycles. The number of phenols is 1. The fourth-order valence-electron chi connectivity index (χ4n) is 1.29. The van der Waals surface area contributed by atoms with Crippen molar-refractivity contribution in [3.05, 3.63) is 41.9 Å². The summed E-state index contributed by atoms with van der Waals surface area (Å²) >= 11 is 0. The fourth-order valence-corrected chi connectivity index (χ4v) is 1.29. The van der Waals surface area contributed by atoms with E-state index < -0.39 is 5.82 Å². The van der Waals surface area contributed by atoms with Crippen molar-refractivity contribution in [3.8, 4) is 5.75 Å². The summed E-state index contributed by atoms with van der Waals surface area (Å²) in [5.41, 5.74) is 1.38. The highest BCUT2D eigenvalue weighted by molar-refractivity contribution is 6.04. The van der Waals surface area contributed by atoms with Crippen LogP contribution in [0.15, 0.2) is 35.5 Å². The Morgan fingerprint density at radius 2 is 2.23 bits per heavy atom. The predicted molar refractivity (Wildman–Crippen MR) is 48.4 cm³/mol. The van der Waals surface area contributed by atoms with Crippen molar-refractivity contribution in [2.75, 3.05) is 0 Å². The van der Waals surface area contributed by atoms with Crippen molar-refractivity contribution >= 4 is 5.71 Å². The highest BCUT2D eigenvalue weighted by Crippen LogP contribution is 2.22. The minimum Gasteiger partial charge on any atom is -0.507 e. The molecular formula is C10H8FNO. The molecule has 1 N–H and O–H groups in total. The van der Waals surface area contributed by atoms with Gasteiger partial charge in [0.1, 0.15) is 11.6 Å². The average Bonchev–Trinajstić information content (AvgIpc) is 2.56. The van der Waals surface area contributed by atoms with Gasteiger partial charge >= 0.3 is 0 Å². The molecule has 66 valence electrons. The highest BCUT2D eigenvalue weighted by Gasteiger charge is 2.10. The summed E-state index contributed by atoms with van der Waals surface area (Å²) in [6, 6.07) is 3.95. The molecular weight excluding hydrogens is 169 g/mol. The summed E-state index contributed by atoms with van der Waals surface area (Å²) in [5.74, 6) is -0.491. The van der Waals surface area contributed by atoms with Gasteiger partial charge in [0.25, 0.3) is 0 Å². The summed E-state index contributed by atoms with van der Waals surface area (Å²) in [4.78, 5) is 4.05. The van der Waals surface area contributed by atoms with Gasteiger partial charge in [-0.25, -0.2) is 4.39 Å². The maximum Gasteiger partial charge on any atom is 0.127 e. The van der Waals surface area contributed by atoms with Gasteiger partial charge in [-0.2, -0.15) is 0 Å². The van der Waals surface area contributed by atoms with E-state index in [1.165, 1.54) is 12.1 Å².